The molecule has 0 radical (unpaired) electrons. The Morgan fingerprint density at radius 3 is 1.61 bits per heavy atom. The predicted molar refractivity (Wildman–Crippen MR) is 174 cm³/mol. The van der Waals surface area contributed by atoms with Gasteiger partial charge in [-0.15, -0.1) is 10.2 Å². The fourth-order valence-corrected chi connectivity index (χ4v) is 6.67. The van der Waals surface area contributed by atoms with Crippen molar-refractivity contribution in [2.75, 3.05) is 0 Å². The van der Waals surface area contributed by atoms with E-state index < -0.39 is 30.0 Å². The predicted octanol–water partition coefficient (Wildman–Crippen LogP) is -9.36. The van der Waals surface area contributed by atoms with Crippen LogP contribution in [0.2, 0.25) is 0 Å². The zero-order valence-corrected chi connectivity index (χ0v) is 43.1. The molecule has 2 aromatic heterocycles. The second kappa shape index (κ2) is 24.2. The third kappa shape index (κ3) is 14.0. The molecule has 0 saturated carbocycles. The van der Waals surface area contributed by atoms with Crippen LogP contribution in [0, 0.1) is 0 Å². The van der Waals surface area contributed by atoms with Gasteiger partial charge in [-0.1, -0.05) is 48.6 Å². The fourth-order valence-electron chi connectivity index (χ4n) is 4.66. The maximum Gasteiger partial charge on any atom is 1.00 e. The SMILES string of the molecule is O=S(=O)([O-])c1ccc(-c2cnn(-c3ccc(/C=C/c4ccc(-n5ncc(-c6ccc(SOO[O-])cc6)n5)cc4S(=O)(=O)[O-])c(SOO[O-])c3)n2)cc1.[K+].[K+].[Na+].[Na+]. The first kappa shape index (κ1) is 52.6. The minimum atomic E-state index is -5.00. The van der Waals surface area contributed by atoms with E-state index in [1.807, 2.05) is 0 Å². The van der Waals surface area contributed by atoms with Crippen LogP contribution >= 0.6 is 24.1 Å². The molecule has 0 aliphatic rings. The van der Waals surface area contributed by atoms with E-state index in [0.29, 0.717) is 55.6 Å². The van der Waals surface area contributed by atoms with Gasteiger partial charge in [0.25, 0.3) is 0 Å². The molecule has 0 aliphatic carbocycles. The van der Waals surface area contributed by atoms with Gasteiger partial charge in [0.2, 0.25) is 0 Å². The van der Waals surface area contributed by atoms with Gasteiger partial charge in [0.05, 0.1) is 57.6 Å². The molecule has 2 heterocycles. The van der Waals surface area contributed by atoms with Gasteiger partial charge >= 0.3 is 162 Å². The standard InChI is InChI=1S/C30H22N6O12S4.2K.2Na/c37-45-47-49-25-11-5-19(6-12-25)27-17-32-36(34-27)24-10-4-22(30(16-24)52(42,43)44)2-1-21-3-9-23(15-29(21)50-48-46-38)35-31-18-28(33-35)20-7-13-26(14-8-20)51(39,40)41;;;;/h1-18,37-38H,(H,39,40,41)(H,42,43,44);;;;/q;4*+1/p-4/b2-1+;;;;. The maximum absolute atomic E-state index is 12.3. The average Bonchev–Trinajstić information content (AvgIpc) is 3.83. The maximum atomic E-state index is 12.3. The van der Waals surface area contributed by atoms with E-state index >= 15 is 0 Å². The van der Waals surface area contributed by atoms with Crippen LogP contribution in [0.25, 0.3) is 46.0 Å². The molecule has 0 saturated heterocycles. The monoisotopic (exact) mass is 906 g/mol. The second-order valence-corrected chi connectivity index (χ2v) is 14.5. The first-order valence-electron chi connectivity index (χ1n) is 14.1. The molecular formula is C30H18K2N6Na2O12S4. The Bertz CT molecular complexity index is 2480. The zero-order chi connectivity index (χ0) is 36.9. The van der Waals surface area contributed by atoms with E-state index in [0.717, 1.165) is 35.0 Å². The van der Waals surface area contributed by atoms with Crippen LogP contribution in [-0.2, 0) is 39.0 Å². The summed E-state index contributed by atoms with van der Waals surface area (Å²) in [6.45, 7) is 0. The Hall–Kier alpha value is 0.453. The van der Waals surface area contributed by atoms with E-state index in [4.69, 9.17) is 0 Å². The van der Waals surface area contributed by atoms with Gasteiger partial charge in [0.1, 0.15) is 31.6 Å². The van der Waals surface area contributed by atoms with Crippen molar-refractivity contribution in [3.8, 4) is 33.9 Å². The van der Waals surface area contributed by atoms with Crippen LogP contribution in [-0.4, -0.2) is 55.9 Å². The zero-order valence-electron chi connectivity index (χ0n) is 29.6. The Morgan fingerprint density at radius 1 is 0.607 bits per heavy atom. The van der Waals surface area contributed by atoms with Gasteiger partial charge in [-0.2, -0.15) is 28.5 Å². The molecule has 0 aliphatic heterocycles. The van der Waals surface area contributed by atoms with Gasteiger partial charge in [-0.05, 0) is 59.7 Å². The Balaban J connectivity index is 0.00000271. The topological polar surface area (TPSA) is 259 Å². The third-order valence-electron chi connectivity index (χ3n) is 7.05. The van der Waals surface area contributed by atoms with Crippen molar-refractivity contribution in [3.63, 3.8) is 0 Å². The van der Waals surface area contributed by atoms with Gasteiger partial charge in [-0.25, -0.2) is 16.8 Å². The molecule has 18 nitrogen and oxygen atoms in total. The van der Waals surface area contributed by atoms with E-state index in [1.165, 1.54) is 59.7 Å². The molecule has 26 heteroatoms. The summed E-state index contributed by atoms with van der Waals surface area (Å²) in [5.41, 5.74) is 2.96. The smallest absolute Gasteiger partial charge is 0.744 e. The molecule has 268 valence electrons. The minimum absolute atomic E-state index is 0. The average molecular weight is 907 g/mol. The number of aromatic nitrogens is 6. The largest absolute Gasteiger partial charge is 1.00 e. The number of hydrogen-bond donors (Lipinski definition) is 0. The van der Waals surface area contributed by atoms with Crippen LogP contribution in [0.1, 0.15) is 11.1 Å². The van der Waals surface area contributed by atoms with Crippen LogP contribution < -0.4 is 172 Å². The number of benzene rings is 4. The molecule has 4 aromatic carbocycles. The van der Waals surface area contributed by atoms with Crippen LogP contribution in [0.5, 0.6) is 0 Å². The number of nitrogens with zero attached hydrogens (tertiary/aromatic N) is 6. The van der Waals surface area contributed by atoms with E-state index in [1.54, 1.807) is 36.4 Å². The Labute approximate surface area is 457 Å². The Kier molecular flexibility index (Phi) is 22.7. The van der Waals surface area contributed by atoms with E-state index in [-0.39, 0.29) is 173 Å². The fraction of sp³-hybridized carbons (Fsp3) is 0. The molecule has 0 atom stereocenters. The van der Waals surface area contributed by atoms with Crippen LogP contribution in [0.15, 0.2) is 117 Å². The summed E-state index contributed by atoms with van der Waals surface area (Å²) in [4.78, 5) is 2.35. The summed E-state index contributed by atoms with van der Waals surface area (Å²) in [6, 6.07) is 20.6. The molecule has 6 rings (SSSR count). The molecule has 0 N–H and O–H groups in total. The molecule has 0 fully saturated rings. The van der Waals surface area contributed by atoms with Gasteiger partial charge in [0, 0.05) is 20.9 Å². The number of hydrogen-bond acceptors (Lipinski definition) is 18. The summed E-state index contributed by atoms with van der Waals surface area (Å²) in [5, 5.41) is 44.7. The van der Waals surface area contributed by atoms with Crippen molar-refractivity contribution in [3.05, 3.63) is 108 Å². The van der Waals surface area contributed by atoms with Crippen molar-refractivity contribution in [2.24, 2.45) is 0 Å². The number of rotatable bonds is 14. The first-order chi connectivity index (χ1) is 24.9. The molecule has 0 spiro atoms. The van der Waals surface area contributed by atoms with Crippen molar-refractivity contribution in [2.45, 2.75) is 19.6 Å². The Morgan fingerprint density at radius 2 is 1.09 bits per heavy atom. The second-order valence-electron chi connectivity index (χ2n) is 10.2. The van der Waals surface area contributed by atoms with Crippen molar-refractivity contribution < 1.29 is 217 Å². The van der Waals surface area contributed by atoms with Gasteiger partial charge in [0.15, 0.2) is 0 Å². The minimum Gasteiger partial charge on any atom is -0.744 e. The molecule has 0 unspecified atom stereocenters. The summed E-state index contributed by atoms with van der Waals surface area (Å²) in [5.74, 6) is 0. The van der Waals surface area contributed by atoms with Crippen molar-refractivity contribution in [1.82, 2.24) is 30.0 Å². The van der Waals surface area contributed by atoms with Crippen molar-refractivity contribution >= 4 is 56.5 Å². The molecule has 0 bridgehead atoms. The molecule has 56 heavy (non-hydrogen) atoms. The molecular weight excluding hydrogens is 889 g/mol. The van der Waals surface area contributed by atoms with Crippen molar-refractivity contribution in [1.29, 1.82) is 0 Å². The van der Waals surface area contributed by atoms with Gasteiger partial charge in [-0.3, -0.25) is 10.1 Å². The van der Waals surface area contributed by atoms with Gasteiger partial charge < -0.3 is 19.6 Å². The van der Waals surface area contributed by atoms with Crippen LogP contribution in [0.4, 0.5) is 0 Å². The molecule has 0 amide bonds. The van der Waals surface area contributed by atoms with E-state index in [2.05, 4.69) is 39.1 Å². The summed E-state index contributed by atoms with van der Waals surface area (Å²) < 4.78 is 79.6. The summed E-state index contributed by atoms with van der Waals surface area (Å²) in [7, 11) is -9.62. The third-order valence-corrected chi connectivity index (χ3v) is 10.0. The van der Waals surface area contributed by atoms with E-state index in [9.17, 15) is 36.5 Å². The summed E-state index contributed by atoms with van der Waals surface area (Å²) >= 11 is 1.26. The molecule has 6 aromatic rings. The van der Waals surface area contributed by atoms with Crippen LogP contribution in [0.3, 0.4) is 0 Å². The normalized spacial score (nSPS) is 11.3. The summed E-state index contributed by atoms with van der Waals surface area (Å²) in [6.07, 6.45) is 5.72. The first-order valence-corrected chi connectivity index (χ1v) is 18.4. The quantitative estimate of drug-likeness (QED) is 0.0246.